The first-order chi connectivity index (χ1) is 21.0. The standard InChI is InChI=1S/C35H38BrN3O4S/c1-25(2)37-35(41)33(22-28-12-6-5-7-13-28)38(23-29-14-10-15-30(36)21-29)34(40)24-39(32-16-9-8-11-27(32)4)44(42,43)31-19-17-26(3)18-20-31/h5-21,25,33H,22-24H2,1-4H3,(H,37,41)/t33-/m1/s1. The van der Waals surface area contributed by atoms with Crippen LogP contribution in [0, 0.1) is 13.8 Å². The van der Waals surface area contributed by atoms with Crippen molar-refractivity contribution in [3.63, 3.8) is 0 Å². The molecule has 0 saturated carbocycles. The highest BCUT2D eigenvalue weighted by molar-refractivity contribution is 9.10. The molecule has 0 aliphatic rings. The highest BCUT2D eigenvalue weighted by Crippen LogP contribution is 2.28. The lowest BCUT2D eigenvalue weighted by Gasteiger charge is -2.34. The maximum atomic E-state index is 14.5. The summed E-state index contributed by atoms with van der Waals surface area (Å²) in [5, 5.41) is 2.98. The van der Waals surface area contributed by atoms with E-state index in [9.17, 15) is 18.0 Å². The predicted molar refractivity (Wildman–Crippen MR) is 179 cm³/mol. The number of benzene rings is 4. The van der Waals surface area contributed by atoms with Gasteiger partial charge in [0.05, 0.1) is 10.6 Å². The predicted octanol–water partition coefficient (Wildman–Crippen LogP) is 6.43. The van der Waals surface area contributed by atoms with E-state index in [2.05, 4.69) is 21.2 Å². The van der Waals surface area contributed by atoms with Crippen LogP contribution in [0.1, 0.15) is 36.1 Å². The van der Waals surface area contributed by atoms with Crippen LogP contribution in [0.25, 0.3) is 0 Å². The molecule has 2 amide bonds. The first kappa shape index (κ1) is 33.0. The number of hydrogen-bond acceptors (Lipinski definition) is 4. The smallest absolute Gasteiger partial charge is 0.264 e. The molecule has 0 heterocycles. The summed E-state index contributed by atoms with van der Waals surface area (Å²) in [5.74, 6) is -0.806. The molecule has 0 aliphatic heterocycles. The number of nitrogens with zero attached hydrogens (tertiary/aromatic N) is 2. The first-order valence-electron chi connectivity index (χ1n) is 14.5. The summed E-state index contributed by atoms with van der Waals surface area (Å²) in [6.45, 7) is 7.04. The van der Waals surface area contributed by atoms with Crippen LogP contribution in [0.3, 0.4) is 0 Å². The van der Waals surface area contributed by atoms with E-state index in [1.807, 2.05) is 94.4 Å². The summed E-state index contributed by atoms with van der Waals surface area (Å²) in [5.41, 5.74) is 3.70. The summed E-state index contributed by atoms with van der Waals surface area (Å²) >= 11 is 3.51. The van der Waals surface area contributed by atoms with E-state index in [0.29, 0.717) is 11.3 Å². The summed E-state index contributed by atoms with van der Waals surface area (Å²) in [6.07, 6.45) is 0.258. The van der Waals surface area contributed by atoms with Gasteiger partial charge in [-0.15, -0.1) is 0 Å². The van der Waals surface area contributed by atoms with Crippen LogP contribution >= 0.6 is 15.9 Å². The van der Waals surface area contributed by atoms with Gasteiger partial charge in [-0.2, -0.15) is 0 Å². The molecule has 4 aromatic rings. The number of anilines is 1. The maximum Gasteiger partial charge on any atom is 0.264 e. The van der Waals surface area contributed by atoms with Gasteiger partial charge in [0, 0.05) is 23.5 Å². The molecule has 0 radical (unpaired) electrons. The lowest BCUT2D eigenvalue weighted by Crippen LogP contribution is -2.54. The Bertz CT molecular complexity index is 1690. The van der Waals surface area contributed by atoms with Crippen molar-refractivity contribution in [2.45, 2.75) is 57.6 Å². The van der Waals surface area contributed by atoms with Crippen LogP contribution < -0.4 is 9.62 Å². The van der Waals surface area contributed by atoms with Crippen LogP contribution in [0.5, 0.6) is 0 Å². The van der Waals surface area contributed by atoms with Gasteiger partial charge in [0.25, 0.3) is 10.0 Å². The van der Waals surface area contributed by atoms with Crippen molar-refractivity contribution in [3.8, 4) is 0 Å². The Hall–Kier alpha value is -3.95. The zero-order valence-electron chi connectivity index (χ0n) is 25.4. The molecule has 0 spiro atoms. The molecule has 230 valence electrons. The van der Waals surface area contributed by atoms with E-state index >= 15 is 0 Å². The van der Waals surface area contributed by atoms with E-state index in [4.69, 9.17) is 0 Å². The van der Waals surface area contributed by atoms with Gasteiger partial charge >= 0.3 is 0 Å². The fourth-order valence-electron chi connectivity index (χ4n) is 4.96. The zero-order chi connectivity index (χ0) is 31.9. The summed E-state index contributed by atoms with van der Waals surface area (Å²) < 4.78 is 30.3. The Morgan fingerprint density at radius 2 is 1.45 bits per heavy atom. The van der Waals surface area contributed by atoms with Crippen LogP contribution in [-0.4, -0.2) is 43.8 Å². The summed E-state index contributed by atoms with van der Waals surface area (Å²) in [7, 11) is -4.15. The molecule has 0 fully saturated rings. The molecule has 44 heavy (non-hydrogen) atoms. The van der Waals surface area contributed by atoms with Crippen molar-refractivity contribution in [2.24, 2.45) is 0 Å². The molecule has 0 bridgehead atoms. The molecule has 4 rings (SSSR count). The second kappa shape index (κ2) is 14.7. The number of amides is 2. The van der Waals surface area contributed by atoms with Gasteiger partial charge in [-0.25, -0.2) is 8.42 Å². The van der Waals surface area contributed by atoms with Gasteiger partial charge in [-0.3, -0.25) is 13.9 Å². The van der Waals surface area contributed by atoms with Gasteiger partial charge in [0.2, 0.25) is 11.8 Å². The monoisotopic (exact) mass is 675 g/mol. The molecule has 0 unspecified atom stereocenters. The van der Waals surface area contributed by atoms with Gasteiger partial charge in [-0.05, 0) is 74.7 Å². The third kappa shape index (κ3) is 8.36. The second-order valence-corrected chi connectivity index (χ2v) is 13.9. The molecule has 4 aromatic carbocycles. The highest BCUT2D eigenvalue weighted by Gasteiger charge is 2.35. The second-order valence-electron chi connectivity index (χ2n) is 11.1. The van der Waals surface area contributed by atoms with Crippen LogP contribution in [0.4, 0.5) is 5.69 Å². The number of para-hydroxylation sites is 1. The number of aryl methyl sites for hydroxylation is 2. The lowest BCUT2D eigenvalue weighted by atomic mass is 10.0. The average Bonchev–Trinajstić information content (AvgIpc) is 2.98. The molecule has 1 N–H and O–H groups in total. The van der Waals surface area contributed by atoms with Crippen molar-refractivity contribution in [1.82, 2.24) is 10.2 Å². The van der Waals surface area contributed by atoms with Gasteiger partial charge in [0.1, 0.15) is 12.6 Å². The van der Waals surface area contributed by atoms with Crippen molar-refractivity contribution in [3.05, 3.63) is 130 Å². The molecule has 0 aromatic heterocycles. The SMILES string of the molecule is Cc1ccc(S(=O)(=O)N(CC(=O)N(Cc2cccc(Br)c2)[C@H](Cc2ccccc2)C(=O)NC(C)C)c2ccccc2C)cc1. The van der Waals surface area contributed by atoms with E-state index in [-0.39, 0.29) is 29.8 Å². The Labute approximate surface area is 269 Å². The number of halogens is 1. The number of rotatable bonds is 12. The Morgan fingerprint density at radius 1 is 0.818 bits per heavy atom. The topological polar surface area (TPSA) is 86.8 Å². The van der Waals surface area contributed by atoms with Crippen molar-refractivity contribution < 1.29 is 18.0 Å². The zero-order valence-corrected chi connectivity index (χ0v) is 27.8. The molecule has 1 atom stereocenters. The molecule has 0 saturated heterocycles. The largest absolute Gasteiger partial charge is 0.352 e. The summed E-state index contributed by atoms with van der Waals surface area (Å²) in [4.78, 5) is 29.9. The van der Waals surface area contributed by atoms with E-state index in [1.54, 1.807) is 36.4 Å². The number of sulfonamides is 1. The number of nitrogens with one attached hydrogen (secondary N) is 1. The minimum absolute atomic E-state index is 0.0797. The molecule has 0 aliphatic carbocycles. The molecule has 7 nitrogen and oxygen atoms in total. The minimum Gasteiger partial charge on any atom is -0.352 e. The van der Waals surface area contributed by atoms with Crippen molar-refractivity contribution >= 4 is 43.5 Å². The van der Waals surface area contributed by atoms with Crippen LogP contribution in [-0.2, 0) is 32.6 Å². The Balaban J connectivity index is 1.82. The Morgan fingerprint density at radius 3 is 2.09 bits per heavy atom. The van der Waals surface area contributed by atoms with Crippen LogP contribution in [0.2, 0.25) is 0 Å². The van der Waals surface area contributed by atoms with Crippen LogP contribution in [0.15, 0.2) is 112 Å². The quantitative estimate of drug-likeness (QED) is 0.188. The number of hydrogen-bond donors (Lipinski definition) is 1. The van der Waals surface area contributed by atoms with E-state index in [1.165, 1.54) is 4.90 Å². The van der Waals surface area contributed by atoms with Crippen molar-refractivity contribution in [1.29, 1.82) is 0 Å². The van der Waals surface area contributed by atoms with Gasteiger partial charge < -0.3 is 10.2 Å². The van der Waals surface area contributed by atoms with E-state index < -0.39 is 28.5 Å². The van der Waals surface area contributed by atoms with E-state index in [0.717, 1.165) is 25.5 Å². The maximum absolute atomic E-state index is 14.5. The van der Waals surface area contributed by atoms with Gasteiger partial charge in [-0.1, -0.05) is 94.3 Å². The number of carbonyl (C=O) groups excluding carboxylic acids is 2. The summed E-state index contributed by atoms with van der Waals surface area (Å²) in [6, 6.07) is 29.6. The molecular weight excluding hydrogens is 638 g/mol. The van der Waals surface area contributed by atoms with Crippen molar-refractivity contribution in [2.75, 3.05) is 10.8 Å². The number of carbonyl (C=O) groups is 2. The minimum atomic E-state index is -4.15. The lowest BCUT2D eigenvalue weighted by molar-refractivity contribution is -0.140. The third-order valence-electron chi connectivity index (χ3n) is 7.22. The normalized spacial score (nSPS) is 12.0. The molecule has 9 heteroatoms. The fraction of sp³-hybridized carbons (Fsp3) is 0.257. The fourth-order valence-corrected chi connectivity index (χ4v) is 6.89. The highest BCUT2D eigenvalue weighted by atomic mass is 79.9. The average molecular weight is 677 g/mol. The molecular formula is C35H38BrN3O4S. The Kier molecular flexibility index (Phi) is 11.0. The third-order valence-corrected chi connectivity index (χ3v) is 9.48. The van der Waals surface area contributed by atoms with Gasteiger partial charge in [0.15, 0.2) is 0 Å². The first-order valence-corrected chi connectivity index (χ1v) is 16.7.